The molecule has 0 amide bonds. The van der Waals surface area contributed by atoms with Gasteiger partial charge in [-0.25, -0.2) is 4.98 Å². The maximum absolute atomic E-state index is 5.70. The van der Waals surface area contributed by atoms with Crippen molar-refractivity contribution >= 4 is 16.5 Å². The molecule has 1 fully saturated rings. The van der Waals surface area contributed by atoms with Crippen LogP contribution in [0.1, 0.15) is 36.1 Å². The lowest BCUT2D eigenvalue weighted by Crippen LogP contribution is -2.20. The van der Waals surface area contributed by atoms with Crippen LogP contribution in [0.15, 0.2) is 29.6 Å². The third kappa shape index (κ3) is 2.63. The van der Waals surface area contributed by atoms with E-state index < -0.39 is 0 Å². The highest BCUT2D eigenvalue weighted by Gasteiger charge is 2.24. The Bertz CT molecular complexity index is 622. The second kappa shape index (κ2) is 5.66. The highest BCUT2D eigenvalue weighted by atomic mass is 32.1. The van der Waals surface area contributed by atoms with E-state index in [-0.39, 0.29) is 6.04 Å². The summed E-state index contributed by atoms with van der Waals surface area (Å²) in [7, 11) is 0. The molecule has 1 saturated heterocycles. The van der Waals surface area contributed by atoms with E-state index in [2.05, 4.69) is 22.8 Å². The fraction of sp³-hybridized carbons (Fsp3) is 0.438. The molecule has 0 bridgehead atoms. The molecular formula is C16H18N2O2S. The number of thiazole rings is 1. The van der Waals surface area contributed by atoms with Crippen LogP contribution in [0.5, 0.6) is 5.75 Å². The minimum Gasteiger partial charge on any atom is -0.493 e. The predicted molar refractivity (Wildman–Crippen MR) is 83.2 cm³/mol. The summed E-state index contributed by atoms with van der Waals surface area (Å²) >= 11 is 1.69. The van der Waals surface area contributed by atoms with Crippen molar-refractivity contribution in [3.05, 3.63) is 40.9 Å². The third-order valence-electron chi connectivity index (χ3n) is 4.13. The van der Waals surface area contributed by atoms with Crippen LogP contribution in [0.2, 0.25) is 0 Å². The Balaban J connectivity index is 1.51. The van der Waals surface area contributed by atoms with Crippen LogP contribution < -0.4 is 10.1 Å². The van der Waals surface area contributed by atoms with Gasteiger partial charge in [-0.2, -0.15) is 0 Å². The summed E-state index contributed by atoms with van der Waals surface area (Å²) in [4.78, 5) is 4.75. The lowest BCUT2D eigenvalue weighted by Gasteiger charge is -2.26. The Morgan fingerprint density at radius 2 is 2.14 bits per heavy atom. The molecule has 1 N–H and O–H groups in total. The van der Waals surface area contributed by atoms with Gasteiger partial charge in [-0.1, -0.05) is 18.2 Å². The maximum Gasteiger partial charge on any atom is 0.183 e. The summed E-state index contributed by atoms with van der Waals surface area (Å²) in [5.74, 6) is 1.46. The van der Waals surface area contributed by atoms with Crippen molar-refractivity contribution in [1.82, 2.24) is 4.98 Å². The van der Waals surface area contributed by atoms with E-state index in [0.29, 0.717) is 5.92 Å². The number of fused-ring (bicyclic) bond motifs is 1. The van der Waals surface area contributed by atoms with E-state index in [1.165, 1.54) is 11.3 Å². The Kier molecular flexibility index (Phi) is 3.53. The normalized spacial score (nSPS) is 24.4. The van der Waals surface area contributed by atoms with Gasteiger partial charge in [0, 0.05) is 29.9 Å². The van der Waals surface area contributed by atoms with Crippen LogP contribution in [-0.2, 0) is 4.74 Å². The molecule has 3 heterocycles. The van der Waals surface area contributed by atoms with Crippen molar-refractivity contribution in [2.45, 2.75) is 24.8 Å². The molecule has 4 rings (SSSR count). The van der Waals surface area contributed by atoms with Crippen molar-refractivity contribution < 1.29 is 9.47 Å². The zero-order valence-corrected chi connectivity index (χ0v) is 12.6. The largest absolute Gasteiger partial charge is 0.493 e. The predicted octanol–water partition coefficient (Wildman–Crippen LogP) is 3.58. The Morgan fingerprint density at radius 3 is 3.05 bits per heavy atom. The highest BCUT2D eigenvalue weighted by molar-refractivity contribution is 7.13. The second-order valence-corrected chi connectivity index (χ2v) is 6.37. The summed E-state index contributed by atoms with van der Waals surface area (Å²) in [6.07, 6.45) is 2.06. The number of benzene rings is 1. The van der Waals surface area contributed by atoms with Gasteiger partial charge in [-0.05, 0) is 12.5 Å². The van der Waals surface area contributed by atoms with E-state index in [4.69, 9.17) is 14.5 Å². The summed E-state index contributed by atoms with van der Waals surface area (Å²) in [6.45, 7) is 2.42. The molecule has 0 radical (unpaired) electrons. The lowest BCUT2D eigenvalue weighted by atomic mass is 10.0. The van der Waals surface area contributed by atoms with Crippen LogP contribution in [0.3, 0.4) is 0 Å². The van der Waals surface area contributed by atoms with Crippen LogP contribution in [-0.4, -0.2) is 24.8 Å². The third-order valence-corrected chi connectivity index (χ3v) is 4.92. The quantitative estimate of drug-likeness (QED) is 0.941. The number of nitrogens with zero attached hydrogens (tertiary/aromatic N) is 1. The summed E-state index contributed by atoms with van der Waals surface area (Å²) < 4.78 is 11.1. The molecule has 2 aliphatic rings. The molecule has 1 aromatic carbocycles. The first-order valence-corrected chi connectivity index (χ1v) is 8.29. The second-order valence-electron chi connectivity index (χ2n) is 5.51. The van der Waals surface area contributed by atoms with Crippen molar-refractivity contribution in [3.63, 3.8) is 0 Å². The van der Waals surface area contributed by atoms with Gasteiger partial charge in [0.1, 0.15) is 5.75 Å². The monoisotopic (exact) mass is 302 g/mol. The molecule has 0 aliphatic carbocycles. The van der Waals surface area contributed by atoms with Crippen LogP contribution in [0.25, 0.3) is 0 Å². The number of para-hydroxylation sites is 1. The first-order valence-electron chi connectivity index (χ1n) is 7.41. The van der Waals surface area contributed by atoms with E-state index in [0.717, 1.165) is 43.5 Å². The van der Waals surface area contributed by atoms with Gasteiger partial charge >= 0.3 is 0 Å². The average Bonchev–Trinajstić information content (AvgIpc) is 3.18. The van der Waals surface area contributed by atoms with Crippen LogP contribution in [0.4, 0.5) is 5.13 Å². The molecule has 2 aromatic rings. The van der Waals surface area contributed by atoms with Gasteiger partial charge < -0.3 is 14.8 Å². The Labute approximate surface area is 128 Å². The van der Waals surface area contributed by atoms with E-state index >= 15 is 0 Å². The molecule has 2 atom stereocenters. The number of hydrogen-bond acceptors (Lipinski definition) is 5. The van der Waals surface area contributed by atoms with Gasteiger partial charge in [0.15, 0.2) is 5.13 Å². The van der Waals surface area contributed by atoms with Crippen molar-refractivity contribution in [2.24, 2.45) is 0 Å². The van der Waals surface area contributed by atoms with Gasteiger partial charge in [0.2, 0.25) is 0 Å². The number of nitrogens with one attached hydrogen (secondary N) is 1. The van der Waals surface area contributed by atoms with Crippen LogP contribution >= 0.6 is 11.3 Å². The van der Waals surface area contributed by atoms with Crippen LogP contribution in [0, 0.1) is 0 Å². The van der Waals surface area contributed by atoms with E-state index in [1.54, 1.807) is 11.3 Å². The van der Waals surface area contributed by atoms with Crippen molar-refractivity contribution in [1.29, 1.82) is 0 Å². The average molecular weight is 302 g/mol. The zero-order valence-electron chi connectivity index (χ0n) is 11.7. The van der Waals surface area contributed by atoms with Crippen molar-refractivity contribution in [2.75, 3.05) is 25.1 Å². The first kappa shape index (κ1) is 13.1. The molecule has 21 heavy (non-hydrogen) atoms. The topological polar surface area (TPSA) is 43.4 Å². The minimum atomic E-state index is 0.286. The molecule has 110 valence electrons. The summed E-state index contributed by atoms with van der Waals surface area (Å²) in [5.41, 5.74) is 2.39. The molecule has 2 aliphatic heterocycles. The first-order chi connectivity index (χ1) is 10.4. The lowest BCUT2D eigenvalue weighted by molar-refractivity contribution is 0.193. The Morgan fingerprint density at radius 1 is 1.19 bits per heavy atom. The molecule has 0 unspecified atom stereocenters. The van der Waals surface area contributed by atoms with Crippen molar-refractivity contribution in [3.8, 4) is 5.75 Å². The molecule has 4 nitrogen and oxygen atoms in total. The molecule has 1 aromatic heterocycles. The Hall–Kier alpha value is -1.59. The number of hydrogen-bond donors (Lipinski definition) is 1. The van der Waals surface area contributed by atoms with Gasteiger partial charge in [-0.3, -0.25) is 0 Å². The number of anilines is 1. The molecule has 0 spiro atoms. The standard InChI is InChI=1S/C16H18N2O2S/c1-2-4-15-12(3-1)13(6-8-20-15)17-16-18-14(10-21-16)11-5-7-19-9-11/h1-4,10-11,13H,5-9H2,(H,17,18)/t11-,13+/m0/s1. The number of ether oxygens (including phenoxy) is 2. The zero-order chi connectivity index (χ0) is 14.1. The molecule has 0 saturated carbocycles. The number of rotatable bonds is 3. The SMILES string of the molecule is c1ccc2c(c1)OCC[C@H]2Nc1nc([C@H]2CCOC2)cs1. The maximum atomic E-state index is 5.70. The fourth-order valence-corrected chi connectivity index (χ4v) is 3.79. The minimum absolute atomic E-state index is 0.286. The van der Waals surface area contributed by atoms with Gasteiger partial charge in [0.25, 0.3) is 0 Å². The van der Waals surface area contributed by atoms with E-state index in [1.807, 2.05) is 12.1 Å². The van der Waals surface area contributed by atoms with Gasteiger partial charge in [0.05, 0.1) is 24.9 Å². The molecular weight excluding hydrogens is 284 g/mol. The molecule has 5 heteroatoms. The fourth-order valence-electron chi connectivity index (χ4n) is 2.95. The van der Waals surface area contributed by atoms with E-state index in [9.17, 15) is 0 Å². The summed E-state index contributed by atoms with van der Waals surface area (Å²) in [6, 6.07) is 8.53. The smallest absolute Gasteiger partial charge is 0.183 e. The number of aromatic nitrogens is 1. The summed E-state index contributed by atoms with van der Waals surface area (Å²) in [5, 5.41) is 6.73. The highest BCUT2D eigenvalue weighted by Crippen LogP contribution is 2.35. The van der Waals surface area contributed by atoms with Gasteiger partial charge in [-0.15, -0.1) is 11.3 Å².